The number of ether oxygens (including phenoxy) is 1. The van der Waals surface area contributed by atoms with Crippen molar-refractivity contribution in [2.24, 2.45) is 5.92 Å². The van der Waals surface area contributed by atoms with Crippen molar-refractivity contribution in [3.05, 3.63) is 78.2 Å². The van der Waals surface area contributed by atoms with E-state index in [0.717, 1.165) is 47.7 Å². The van der Waals surface area contributed by atoms with E-state index in [0.29, 0.717) is 5.92 Å². The van der Waals surface area contributed by atoms with Gasteiger partial charge in [-0.15, -0.1) is 0 Å². The summed E-state index contributed by atoms with van der Waals surface area (Å²) < 4.78 is 7.80. The summed E-state index contributed by atoms with van der Waals surface area (Å²) in [4.78, 5) is 9.67. The van der Waals surface area contributed by atoms with Gasteiger partial charge in [-0.25, -0.2) is 9.67 Å². The molecule has 1 saturated heterocycles. The Balaban J connectivity index is 1.33. The maximum absolute atomic E-state index is 5.87. The van der Waals surface area contributed by atoms with E-state index in [1.807, 2.05) is 23.3 Å². The Morgan fingerprint density at radius 3 is 2.66 bits per heavy atom. The van der Waals surface area contributed by atoms with Crippen LogP contribution in [0.1, 0.15) is 61.8 Å². The Morgan fingerprint density at radius 2 is 1.84 bits per heavy atom. The second-order valence-electron chi connectivity index (χ2n) is 9.18. The van der Waals surface area contributed by atoms with Crippen LogP contribution in [-0.2, 0) is 4.74 Å². The maximum atomic E-state index is 5.87. The molecule has 0 spiro atoms. The Labute approximate surface area is 188 Å². The van der Waals surface area contributed by atoms with Gasteiger partial charge in [-0.1, -0.05) is 49.2 Å². The summed E-state index contributed by atoms with van der Waals surface area (Å²) in [5, 5.41) is 4.55. The third-order valence-corrected chi connectivity index (χ3v) is 6.78. The highest BCUT2D eigenvalue weighted by molar-refractivity contribution is 5.78. The molecule has 2 unspecified atom stereocenters. The molecule has 0 radical (unpaired) electrons. The molecule has 162 valence electrons. The van der Waals surface area contributed by atoms with Crippen LogP contribution in [0.3, 0.4) is 0 Å². The van der Waals surface area contributed by atoms with Gasteiger partial charge in [-0.3, -0.25) is 4.98 Å². The van der Waals surface area contributed by atoms with Crippen molar-refractivity contribution in [3.63, 3.8) is 0 Å². The first kappa shape index (κ1) is 19.6. The molecule has 3 heterocycles. The zero-order chi connectivity index (χ0) is 21.3. The van der Waals surface area contributed by atoms with Crippen LogP contribution in [0, 0.1) is 5.92 Å². The third-order valence-electron chi connectivity index (χ3n) is 6.78. The molecule has 0 amide bonds. The molecule has 0 N–H and O–H groups in total. The summed E-state index contributed by atoms with van der Waals surface area (Å²) in [7, 11) is 0. The van der Waals surface area contributed by atoms with Gasteiger partial charge in [-0.2, -0.15) is 5.10 Å². The van der Waals surface area contributed by atoms with Gasteiger partial charge >= 0.3 is 0 Å². The first-order valence-electron chi connectivity index (χ1n) is 11.8. The molecule has 2 atom stereocenters. The predicted octanol–water partition coefficient (Wildman–Crippen LogP) is 6.12. The molecular weight excluding hydrogens is 396 g/mol. The lowest BCUT2D eigenvalue weighted by atomic mass is 9.86. The fourth-order valence-corrected chi connectivity index (χ4v) is 4.78. The van der Waals surface area contributed by atoms with Gasteiger partial charge in [0.2, 0.25) is 0 Å². The van der Waals surface area contributed by atoms with Crippen LogP contribution in [0.5, 0.6) is 0 Å². The molecule has 5 nitrogen and oxygen atoms in total. The average molecular weight is 425 g/mol. The zero-order valence-corrected chi connectivity index (χ0v) is 18.2. The van der Waals surface area contributed by atoms with Crippen molar-refractivity contribution in [1.29, 1.82) is 0 Å². The largest absolute Gasteiger partial charge is 0.357 e. The molecule has 2 fully saturated rings. The number of hydrogen-bond donors (Lipinski definition) is 0. The molecule has 4 aromatic rings. The van der Waals surface area contributed by atoms with E-state index in [1.165, 1.54) is 36.8 Å². The number of benzene rings is 2. The highest BCUT2D eigenvalue weighted by Crippen LogP contribution is 2.41. The second-order valence-corrected chi connectivity index (χ2v) is 9.18. The van der Waals surface area contributed by atoms with Crippen LogP contribution >= 0.6 is 0 Å². The third kappa shape index (κ3) is 4.05. The number of nitrogens with zero attached hydrogens (tertiary/aromatic N) is 4. The van der Waals surface area contributed by atoms with Crippen molar-refractivity contribution in [3.8, 4) is 11.3 Å². The lowest BCUT2D eigenvalue weighted by Crippen LogP contribution is -2.18. The van der Waals surface area contributed by atoms with E-state index >= 15 is 0 Å². The number of rotatable bonds is 6. The maximum Gasteiger partial charge on any atom is 0.150 e. The summed E-state index contributed by atoms with van der Waals surface area (Å²) in [6.07, 6.45) is 13.0. The Kier molecular flexibility index (Phi) is 5.19. The van der Waals surface area contributed by atoms with E-state index in [-0.39, 0.29) is 6.23 Å². The fraction of sp³-hybridized carbons (Fsp3) is 0.370. The number of hydrogen-bond acceptors (Lipinski definition) is 4. The van der Waals surface area contributed by atoms with E-state index < -0.39 is 0 Å². The van der Waals surface area contributed by atoms with Crippen LogP contribution in [-0.4, -0.2) is 26.4 Å². The number of fused-ring (bicyclic) bond motifs is 1. The molecule has 5 heteroatoms. The Morgan fingerprint density at radius 1 is 0.938 bits per heavy atom. The minimum Gasteiger partial charge on any atom is -0.357 e. The highest BCUT2D eigenvalue weighted by Gasteiger charge is 2.27. The quantitative estimate of drug-likeness (QED) is 0.374. The minimum absolute atomic E-state index is 0.0339. The fourth-order valence-electron chi connectivity index (χ4n) is 4.78. The normalized spacial score (nSPS) is 19.8. The highest BCUT2D eigenvalue weighted by atomic mass is 16.5. The molecule has 1 aliphatic heterocycles. The molecule has 2 aliphatic rings. The molecule has 0 bridgehead atoms. The van der Waals surface area contributed by atoms with E-state index in [4.69, 9.17) is 14.7 Å². The van der Waals surface area contributed by atoms with E-state index in [1.54, 1.807) is 0 Å². The van der Waals surface area contributed by atoms with Gasteiger partial charge in [0.05, 0.1) is 29.1 Å². The summed E-state index contributed by atoms with van der Waals surface area (Å²) in [6, 6.07) is 17.5. The zero-order valence-electron chi connectivity index (χ0n) is 18.2. The molecule has 2 aromatic heterocycles. The molecular formula is C27H28N4O. The van der Waals surface area contributed by atoms with Crippen LogP contribution in [0.4, 0.5) is 0 Å². The molecule has 1 aliphatic carbocycles. The average Bonchev–Trinajstić information content (AvgIpc) is 3.55. The lowest BCUT2D eigenvalue weighted by Gasteiger charge is -2.22. The first-order valence-corrected chi connectivity index (χ1v) is 11.8. The molecule has 6 rings (SSSR count). The van der Waals surface area contributed by atoms with Gasteiger partial charge in [0, 0.05) is 24.3 Å². The minimum atomic E-state index is 0.0339. The standard InChI is InChI=1S/C27H28N4O/c1-2-6-20(7-3-1)23(14-19-9-10-19)21-11-12-24-25(15-21)30-26(17-28-24)22-16-29-31(18-22)27-8-4-5-13-32-27/h1-3,6-7,11-12,15-19,23,27H,4-5,8-10,13-14H2. The van der Waals surface area contributed by atoms with Crippen molar-refractivity contribution in [1.82, 2.24) is 19.7 Å². The molecule has 1 saturated carbocycles. The monoisotopic (exact) mass is 424 g/mol. The van der Waals surface area contributed by atoms with Crippen molar-refractivity contribution < 1.29 is 4.74 Å². The molecule has 2 aromatic carbocycles. The second kappa shape index (κ2) is 8.47. The van der Waals surface area contributed by atoms with Crippen LogP contribution in [0.2, 0.25) is 0 Å². The Bertz CT molecular complexity index is 1210. The molecule has 32 heavy (non-hydrogen) atoms. The lowest BCUT2D eigenvalue weighted by molar-refractivity contribution is -0.0394. The predicted molar refractivity (Wildman–Crippen MR) is 125 cm³/mol. The van der Waals surface area contributed by atoms with Gasteiger partial charge in [0.25, 0.3) is 0 Å². The van der Waals surface area contributed by atoms with E-state index in [2.05, 4.69) is 53.6 Å². The smallest absolute Gasteiger partial charge is 0.150 e. The van der Waals surface area contributed by atoms with Crippen molar-refractivity contribution in [2.75, 3.05) is 6.61 Å². The summed E-state index contributed by atoms with van der Waals surface area (Å²) in [5.74, 6) is 1.26. The topological polar surface area (TPSA) is 52.8 Å². The van der Waals surface area contributed by atoms with Crippen LogP contribution < -0.4 is 0 Å². The van der Waals surface area contributed by atoms with E-state index in [9.17, 15) is 0 Å². The van der Waals surface area contributed by atoms with Gasteiger partial charge in [0.15, 0.2) is 0 Å². The van der Waals surface area contributed by atoms with Crippen LogP contribution in [0.15, 0.2) is 67.1 Å². The number of aromatic nitrogens is 4. The van der Waals surface area contributed by atoms with Crippen LogP contribution in [0.25, 0.3) is 22.3 Å². The summed E-state index contributed by atoms with van der Waals surface area (Å²) >= 11 is 0. The van der Waals surface area contributed by atoms with Crippen molar-refractivity contribution >= 4 is 11.0 Å². The van der Waals surface area contributed by atoms with Crippen molar-refractivity contribution in [2.45, 2.75) is 50.7 Å². The Hall–Kier alpha value is -3.05. The SMILES string of the molecule is c1ccc(C(CC2CC2)c2ccc3ncc(-c4cnn(C5CCCCO5)c4)nc3c2)cc1. The summed E-state index contributed by atoms with van der Waals surface area (Å²) in [5.41, 5.74) is 6.42. The first-order chi connectivity index (χ1) is 15.8. The summed E-state index contributed by atoms with van der Waals surface area (Å²) in [6.45, 7) is 0.807. The van der Waals surface area contributed by atoms with Gasteiger partial charge in [-0.05, 0) is 54.9 Å². The van der Waals surface area contributed by atoms with Gasteiger partial charge < -0.3 is 4.74 Å². The van der Waals surface area contributed by atoms with Gasteiger partial charge in [0.1, 0.15) is 6.23 Å².